The van der Waals surface area contributed by atoms with Crippen LogP contribution in [0.3, 0.4) is 0 Å². The molecular weight excluding hydrogens is 376 g/mol. The molecule has 0 spiro atoms. The number of aliphatic hydroxyl groups is 1. The smallest absolute Gasteiger partial charge is 0.192 e. The van der Waals surface area contributed by atoms with Gasteiger partial charge in [0.15, 0.2) is 14.1 Å². The van der Waals surface area contributed by atoms with E-state index in [1.807, 2.05) is 30.3 Å². The highest BCUT2D eigenvalue weighted by molar-refractivity contribution is 7.98. The van der Waals surface area contributed by atoms with E-state index in [0.717, 1.165) is 4.91 Å². The third-order valence-corrected chi connectivity index (χ3v) is 10.9. The summed E-state index contributed by atoms with van der Waals surface area (Å²) in [6.45, 7) is 15.5. The van der Waals surface area contributed by atoms with Crippen molar-refractivity contribution in [3.63, 3.8) is 0 Å². The van der Waals surface area contributed by atoms with E-state index in [2.05, 4.69) is 53.8 Å². The van der Waals surface area contributed by atoms with E-state index in [9.17, 15) is 5.11 Å². The normalized spacial score (nSPS) is 27.0. The maximum absolute atomic E-state index is 10.7. The molecular formula is C21H34O4SSi. The van der Waals surface area contributed by atoms with Crippen molar-refractivity contribution in [2.24, 2.45) is 11.8 Å². The fourth-order valence-corrected chi connectivity index (χ4v) is 5.09. The number of benzene rings is 1. The molecule has 0 aliphatic heterocycles. The van der Waals surface area contributed by atoms with Gasteiger partial charge in [-0.15, -0.1) is 4.33 Å². The summed E-state index contributed by atoms with van der Waals surface area (Å²) in [6, 6.07) is 9.39. The lowest BCUT2D eigenvalue weighted by molar-refractivity contribution is -0.0770. The molecule has 1 N–H and O–H groups in total. The van der Waals surface area contributed by atoms with E-state index in [0.29, 0.717) is 12.2 Å². The van der Waals surface area contributed by atoms with Crippen molar-refractivity contribution >= 4 is 20.4 Å². The summed E-state index contributed by atoms with van der Waals surface area (Å²) in [5.41, 5.74) is 0. The predicted octanol–water partition coefficient (Wildman–Crippen LogP) is 5.96. The van der Waals surface area contributed by atoms with E-state index in [4.69, 9.17) is 13.6 Å². The molecule has 27 heavy (non-hydrogen) atoms. The molecule has 1 aliphatic rings. The highest BCUT2D eigenvalue weighted by atomic mass is 32.2. The van der Waals surface area contributed by atoms with Crippen LogP contribution in [0.15, 0.2) is 41.3 Å². The van der Waals surface area contributed by atoms with Crippen LogP contribution in [0, 0.1) is 11.8 Å². The van der Waals surface area contributed by atoms with Crippen LogP contribution >= 0.6 is 12.0 Å². The topological polar surface area (TPSA) is 47.9 Å². The SMILES string of the molecule is C[C@@H]1[C@H](O[Si](C)(C)C(C)(C)C)[C@@H](C)C=C(SOOc2ccccc2)C[C@@H]1O. The van der Waals surface area contributed by atoms with Crippen LogP contribution in [0.1, 0.15) is 41.0 Å². The first-order valence-corrected chi connectivity index (χ1v) is 13.3. The van der Waals surface area contributed by atoms with Crippen LogP contribution in [0.4, 0.5) is 0 Å². The second-order valence-electron chi connectivity index (χ2n) is 9.01. The molecule has 1 aromatic carbocycles. The van der Waals surface area contributed by atoms with Gasteiger partial charge in [-0.25, -0.2) is 0 Å². The summed E-state index contributed by atoms with van der Waals surface area (Å²) in [4.78, 5) is 6.29. The maximum atomic E-state index is 10.7. The largest absolute Gasteiger partial charge is 0.413 e. The van der Waals surface area contributed by atoms with Crippen molar-refractivity contribution < 1.29 is 18.8 Å². The second kappa shape index (κ2) is 9.14. The van der Waals surface area contributed by atoms with E-state index in [1.165, 1.54) is 12.0 Å². The Bertz CT molecular complexity index is 627. The molecule has 0 heterocycles. The lowest BCUT2D eigenvalue weighted by Gasteiger charge is -2.42. The van der Waals surface area contributed by atoms with Gasteiger partial charge in [0.05, 0.1) is 24.3 Å². The molecule has 0 aromatic heterocycles. The second-order valence-corrected chi connectivity index (χ2v) is 14.6. The molecule has 0 fully saturated rings. The zero-order valence-electron chi connectivity index (χ0n) is 17.6. The molecule has 1 aliphatic carbocycles. The molecule has 0 radical (unpaired) electrons. The first kappa shape index (κ1) is 22.5. The number of aliphatic hydroxyl groups excluding tert-OH is 1. The van der Waals surface area contributed by atoms with Crippen molar-refractivity contribution in [2.45, 2.75) is 71.4 Å². The van der Waals surface area contributed by atoms with Gasteiger partial charge in [0.1, 0.15) is 0 Å². The Kier molecular flexibility index (Phi) is 7.61. The summed E-state index contributed by atoms with van der Waals surface area (Å²) in [5.74, 6) is 0.896. The Hall–Kier alpha value is -0.793. The highest BCUT2D eigenvalue weighted by Crippen LogP contribution is 2.42. The minimum Gasteiger partial charge on any atom is -0.413 e. The molecule has 0 saturated carbocycles. The number of para-hydroxylation sites is 1. The lowest BCUT2D eigenvalue weighted by Crippen LogP contribution is -2.48. The van der Waals surface area contributed by atoms with Crippen LogP contribution in [0.25, 0.3) is 0 Å². The fraction of sp³-hybridized carbons (Fsp3) is 0.619. The van der Waals surface area contributed by atoms with Gasteiger partial charge in [0, 0.05) is 23.2 Å². The molecule has 4 atom stereocenters. The van der Waals surface area contributed by atoms with Gasteiger partial charge in [0.25, 0.3) is 0 Å². The van der Waals surface area contributed by atoms with Gasteiger partial charge < -0.3 is 14.4 Å². The molecule has 6 heteroatoms. The molecule has 0 unspecified atom stereocenters. The number of hydrogen-bond acceptors (Lipinski definition) is 5. The maximum Gasteiger partial charge on any atom is 0.192 e. The zero-order valence-corrected chi connectivity index (χ0v) is 19.4. The van der Waals surface area contributed by atoms with Crippen LogP contribution in [-0.4, -0.2) is 25.6 Å². The van der Waals surface area contributed by atoms with Crippen LogP contribution < -0.4 is 4.89 Å². The van der Waals surface area contributed by atoms with Gasteiger partial charge in [-0.1, -0.05) is 58.9 Å². The summed E-state index contributed by atoms with van der Waals surface area (Å²) in [6.07, 6.45) is 2.23. The Morgan fingerprint density at radius 3 is 2.33 bits per heavy atom. The molecule has 0 bridgehead atoms. The average molecular weight is 411 g/mol. The Labute approximate surface area is 169 Å². The van der Waals surface area contributed by atoms with Gasteiger partial charge >= 0.3 is 0 Å². The molecule has 4 nitrogen and oxygen atoms in total. The first-order chi connectivity index (χ1) is 12.5. The Balaban J connectivity index is 2.05. The van der Waals surface area contributed by atoms with Crippen molar-refractivity contribution in [1.29, 1.82) is 0 Å². The molecule has 0 saturated heterocycles. The standard InChI is InChI=1S/C21H34O4SSi/c1-15-13-18(26-25-23-17-11-9-8-10-12-17)14-19(22)16(2)20(15)24-27(6,7)21(3,4)5/h8-13,15-16,19-20,22H,14H2,1-7H3/t15-,16-,19-,20+/m0/s1. The van der Waals surface area contributed by atoms with Crippen LogP contribution in [-0.2, 0) is 8.76 Å². The number of hydrogen-bond donors (Lipinski definition) is 1. The van der Waals surface area contributed by atoms with E-state index in [-0.39, 0.29) is 23.0 Å². The number of rotatable bonds is 6. The third kappa shape index (κ3) is 6.09. The van der Waals surface area contributed by atoms with Gasteiger partial charge in [0.2, 0.25) is 0 Å². The fourth-order valence-electron chi connectivity index (χ4n) is 2.92. The van der Waals surface area contributed by atoms with Gasteiger partial charge in [-0.05, 0) is 30.3 Å². The Morgan fingerprint density at radius 2 is 1.74 bits per heavy atom. The quantitative estimate of drug-likeness (QED) is 0.271. The predicted molar refractivity (Wildman–Crippen MR) is 115 cm³/mol. The van der Waals surface area contributed by atoms with E-state index >= 15 is 0 Å². The third-order valence-electron chi connectivity index (χ3n) is 5.75. The molecule has 0 amide bonds. The minimum absolute atomic E-state index is 0.00552. The summed E-state index contributed by atoms with van der Waals surface area (Å²) in [5, 5.41) is 10.9. The van der Waals surface area contributed by atoms with Gasteiger partial charge in [-0.2, -0.15) is 0 Å². The van der Waals surface area contributed by atoms with Crippen molar-refractivity contribution in [2.75, 3.05) is 0 Å². The molecule has 152 valence electrons. The van der Waals surface area contributed by atoms with Crippen LogP contribution in [0.2, 0.25) is 18.1 Å². The van der Waals surface area contributed by atoms with Crippen molar-refractivity contribution in [3.05, 3.63) is 41.3 Å². The molecule has 2 rings (SSSR count). The minimum atomic E-state index is -1.92. The summed E-state index contributed by atoms with van der Waals surface area (Å²) < 4.78 is 12.0. The monoisotopic (exact) mass is 410 g/mol. The highest BCUT2D eigenvalue weighted by Gasteiger charge is 2.43. The zero-order chi connectivity index (χ0) is 20.2. The van der Waals surface area contributed by atoms with Crippen LogP contribution in [0.5, 0.6) is 5.75 Å². The van der Waals surface area contributed by atoms with E-state index < -0.39 is 14.4 Å². The Morgan fingerprint density at radius 1 is 1.11 bits per heavy atom. The van der Waals surface area contributed by atoms with E-state index in [1.54, 1.807) is 0 Å². The van der Waals surface area contributed by atoms with Gasteiger partial charge in [-0.3, -0.25) is 0 Å². The van der Waals surface area contributed by atoms with Crippen molar-refractivity contribution in [3.8, 4) is 5.75 Å². The average Bonchev–Trinajstić information content (AvgIpc) is 2.67. The summed E-state index contributed by atoms with van der Waals surface area (Å²) in [7, 11) is -1.92. The summed E-state index contributed by atoms with van der Waals surface area (Å²) >= 11 is 1.18. The lowest BCUT2D eigenvalue weighted by atomic mass is 9.91. The van der Waals surface area contributed by atoms with Crippen molar-refractivity contribution in [1.82, 2.24) is 0 Å². The molecule has 1 aromatic rings. The first-order valence-electron chi connectivity index (χ1n) is 9.64.